The Bertz CT molecular complexity index is 2280. The molecule has 7 nitrogen and oxygen atoms in total. The highest BCUT2D eigenvalue weighted by molar-refractivity contribution is 7.86. The molecule has 0 spiro atoms. The topological polar surface area (TPSA) is 104 Å². The highest BCUT2D eigenvalue weighted by Gasteiger charge is 2.39. The van der Waals surface area contributed by atoms with Crippen LogP contribution < -0.4 is 31.1 Å². The molecule has 1 radical (unpaired) electrons. The number of rotatable bonds is 5. The lowest BCUT2D eigenvalue weighted by Crippen LogP contribution is -3.85. The number of benzene rings is 5. The predicted octanol–water partition coefficient (Wildman–Crippen LogP) is 3.50. The van der Waals surface area contributed by atoms with Crippen LogP contribution in [0.4, 0.5) is 0 Å². The second-order valence-electron chi connectivity index (χ2n) is 9.71. The number of aryl methyl sites for hydroxylation is 1. The summed E-state index contributed by atoms with van der Waals surface area (Å²) in [5.74, 6) is 0. The molecule has 42 heavy (non-hydrogen) atoms. The van der Waals surface area contributed by atoms with Crippen LogP contribution in [0.25, 0.3) is 43.9 Å². The summed E-state index contributed by atoms with van der Waals surface area (Å²) >= 11 is -3.33. The molecule has 0 aliphatic heterocycles. The van der Waals surface area contributed by atoms with Gasteiger partial charge in [0, 0.05) is 12.1 Å². The second kappa shape index (κ2) is 10.2. The minimum atomic E-state index is -4.20. The summed E-state index contributed by atoms with van der Waals surface area (Å²) < 4.78 is 46.2. The molecule has 0 N–H and O–H groups in total. The Morgan fingerprint density at radius 2 is 1.02 bits per heavy atom. The first kappa shape index (κ1) is 26.6. The molecule has 0 aliphatic carbocycles. The van der Waals surface area contributed by atoms with Crippen LogP contribution in [0.15, 0.2) is 133 Å². The summed E-state index contributed by atoms with van der Waals surface area (Å²) in [6, 6.07) is 30.4. The van der Waals surface area contributed by atoms with Crippen molar-refractivity contribution in [2.45, 2.75) is 11.8 Å². The van der Waals surface area contributed by atoms with Crippen molar-refractivity contribution in [3.63, 3.8) is 0 Å². The van der Waals surface area contributed by atoms with Gasteiger partial charge in [-0.3, -0.25) is 9.59 Å². The van der Waals surface area contributed by atoms with Gasteiger partial charge >= 0.3 is 30.4 Å². The van der Waals surface area contributed by atoms with E-state index >= 15 is 0 Å². The molecule has 2 aromatic heterocycles. The second-order valence-corrected chi connectivity index (χ2v) is 16.2. The third kappa shape index (κ3) is 4.59. The van der Waals surface area contributed by atoms with Crippen LogP contribution in [-0.2, 0) is 12.6 Å². The van der Waals surface area contributed by atoms with Crippen molar-refractivity contribution in [3.8, 4) is 0 Å². The maximum Gasteiger partial charge on any atom is 0.336 e. The lowest BCUT2D eigenvalue weighted by Gasteiger charge is -2.08. The Balaban J connectivity index is 1.44. The molecule has 5 aromatic carbocycles. The number of fused-ring (bicyclic) bond motifs is 4. The number of hydrogen-bond acceptors (Lipinski definition) is 7. The van der Waals surface area contributed by atoms with Crippen LogP contribution in [0.1, 0.15) is 5.56 Å². The minimum Gasteiger partial charge on any atom is -0.456 e. The molecule has 207 valence electrons. The van der Waals surface area contributed by atoms with E-state index < -0.39 is 30.4 Å². The Hall–Kier alpha value is -4.32. The van der Waals surface area contributed by atoms with E-state index in [1.54, 1.807) is 97.1 Å². The SMILES string of the molecule is Cc1ccc(S(=O)(=O)O[I+](c2ccc3oc4ccccc4c(=O)c3c2)c2ccc3oc4ccccc4c(=O)c3c2)cc1. The lowest BCUT2D eigenvalue weighted by atomic mass is 10.1. The fourth-order valence-electron chi connectivity index (χ4n) is 4.79. The quantitative estimate of drug-likeness (QED) is 0.202. The first-order chi connectivity index (χ1) is 20.3. The van der Waals surface area contributed by atoms with E-state index in [-0.39, 0.29) is 15.8 Å². The van der Waals surface area contributed by atoms with Gasteiger partial charge in [0.15, 0.2) is 7.14 Å². The van der Waals surface area contributed by atoms with E-state index in [1.165, 1.54) is 12.1 Å². The molecule has 2 heterocycles. The van der Waals surface area contributed by atoms with Crippen molar-refractivity contribution in [2.75, 3.05) is 0 Å². The summed E-state index contributed by atoms with van der Waals surface area (Å²) in [5.41, 5.74) is 2.14. The number of para-hydroxylation sites is 2. The summed E-state index contributed by atoms with van der Waals surface area (Å²) in [6.45, 7) is 1.87. The first-order valence-corrected chi connectivity index (χ1v) is 17.4. The van der Waals surface area contributed by atoms with Gasteiger partial charge in [-0.1, -0.05) is 42.0 Å². The van der Waals surface area contributed by atoms with Crippen LogP contribution in [0.5, 0.6) is 0 Å². The molecule has 0 fully saturated rings. The normalized spacial score (nSPS) is 12.1. The third-order valence-corrected chi connectivity index (χ3v) is 14.2. The van der Waals surface area contributed by atoms with Crippen LogP contribution in [0.3, 0.4) is 0 Å². The standard InChI is InChI=1S/C33H21IO7S/c1-20-10-14-23(15-11-20)42(37,38)41-34(21-12-16-30-26(18-21)32(35)24-6-2-4-8-28(24)39-30)22-13-17-31-27(19-22)33(36)25-7-3-5-9-29(25)40-31/h2-19H,1H3/q+1. The van der Waals surface area contributed by atoms with Crippen molar-refractivity contribution >= 4 is 54.0 Å². The van der Waals surface area contributed by atoms with E-state index in [4.69, 9.17) is 11.3 Å². The Morgan fingerprint density at radius 1 is 0.571 bits per heavy atom. The van der Waals surface area contributed by atoms with Crippen LogP contribution in [0, 0.1) is 14.1 Å². The molecule has 0 saturated carbocycles. The highest BCUT2D eigenvalue weighted by atomic mass is 127. The Morgan fingerprint density at radius 3 is 1.52 bits per heavy atom. The zero-order chi connectivity index (χ0) is 29.0. The van der Waals surface area contributed by atoms with E-state index in [0.717, 1.165) is 5.56 Å². The van der Waals surface area contributed by atoms with Crippen molar-refractivity contribution in [2.24, 2.45) is 0 Å². The molecule has 0 unspecified atom stereocenters. The van der Waals surface area contributed by atoms with Crippen molar-refractivity contribution in [1.29, 1.82) is 0 Å². The highest BCUT2D eigenvalue weighted by Crippen LogP contribution is 2.20. The molecule has 0 atom stereocenters. The van der Waals surface area contributed by atoms with Gasteiger partial charge in [-0.2, -0.15) is 8.42 Å². The zero-order valence-electron chi connectivity index (χ0n) is 22.0. The molecular weight excluding hydrogens is 667 g/mol. The van der Waals surface area contributed by atoms with Gasteiger partial charge < -0.3 is 8.83 Å². The number of halogens is 1. The zero-order valence-corrected chi connectivity index (χ0v) is 25.0. The fraction of sp³-hybridized carbons (Fsp3) is 0.0303. The maximum atomic E-state index is 13.6. The largest absolute Gasteiger partial charge is 0.456 e. The van der Waals surface area contributed by atoms with Gasteiger partial charge in [-0.25, -0.2) is 0 Å². The average Bonchev–Trinajstić information content (AvgIpc) is 3.00. The van der Waals surface area contributed by atoms with Crippen LogP contribution in [-0.4, -0.2) is 8.42 Å². The van der Waals surface area contributed by atoms with Gasteiger partial charge in [0.05, 0.1) is 26.4 Å². The molecule has 0 bridgehead atoms. The number of hydrogen-bond donors (Lipinski definition) is 0. The van der Waals surface area contributed by atoms with E-state index in [2.05, 4.69) is 0 Å². The molecule has 7 aromatic rings. The van der Waals surface area contributed by atoms with Gasteiger partial charge in [0.1, 0.15) is 22.3 Å². The summed E-state index contributed by atoms with van der Waals surface area (Å²) in [6.07, 6.45) is 0. The van der Waals surface area contributed by atoms with Crippen molar-refractivity contribution in [1.82, 2.24) is 0 Å². The van der Waals surface area contributed by atoms with Crippen LogP contribution >= 0.6 is 0 Å². The Kier molecular flexibility index (Phi) is 6.45. The van der Waals surface area contributed by atoms with Crippen molar-refractivity contribution in [3.05, 3.63) is 142 Å². The van der Waals surface area contributed by atoms with Gasteiger partial charge in [0.2, 0.25) is 10.9 Å². The third-order valence-electron chi connectivity index (χ3n) is 6.93. The molecule has 0 saturated heterocycles. The fourth-order valence-corrected chi connectivity index (χ4v) is 11.8. The minimum absolute atomic E-state index is 0.0213. The predicted molar refractivity (Wildman–Crippen MR) is 157 cm³/mol. The van der Waals surface area contributed by atoms with Gasteiger partial charge in [-0.05, 0) is 70.1 Å². The lowest BCUT2D eigenvalue weighted by molar-refractivity contribution is -1.03. The average molecular weight is 688 g/mol. The summed E-state index contributed by atoms with van der Waals surface area (Å²) in [5, 5.41) is 1.48. The molecular formula is C33H21IO7S+. The summed E-state index contributed by atoms with van der Waals surface area (Å²) in [7, 11) is -4.20. The molecule has 0 aliphatic rings. The monoisotopic (exact) mass is 688 g/mol. The van der Waals surface area contributed by atoms with E-state index in [1.807, 2.05) is 6.92 Å². The maximum absolute atomic E-state index is 13.6. The summed E-state index contributed by atoms with van der Waals surface area (Å²) in [4.78, 5) is 26.9. The van der Waals surface area contributed by atoms with Crippen molar-refractivity contribution < 1.29 is 40.0 Å². The molecule has 7 rings (SSSR count). The smallest absolute Gasteiger partial charge is 0.336 e. The molecule has 9 heteroatoms. The van der Waals surface area contributed by atoms with Gasteiger partial charge in [0.25, 0.3) is 0 Å². The Labute approximate surface area is 247 Å². The van der Waals surface area contributed by atoms with E-state index in [9.17, 15) is 18.0 Å². The molecule has 0 amide bonds. The van der Waals surface area contributed by atoms with Gasteiger partial charge in [-0.15, -0.1) is 0 Å². The van der Waals surface area contributed by atoms with E-state index in [0.29, 0.717) is 51.0 Å². The first-order valence-electron chi connectivity index (χ1n) is 12.9. The van der Waals surface area contributed by atoms with Crippen LogP contribution in [0.2, 0.25) is 0 Å².